The van der Waals surface area contributed by atoms with Crippen molar-refractivity contribution in [3.8, 4) is 11.3 Å². The van der Waals surface area contributed by atoms with Crippen molar-refractivity contribution >= 4 is 22.6 Å². The van der Waals surface area contributed by atoms with Crippen LogP contribution in [-0.4, -0.2) is 30.9 Å². The molecule has 158 valence electrons. The second kappa shape index (κ2) is 7.34. The van der Waals surface area contributed by atoms with Crippen molar-refractivity contribution in [2.45, 2.75) is 46.1 Å². The van der Waals surface area contributed by atoms with Crippen LogP contribution in [0.2, 0.25) is 0 Å². The predicted octanol–water partition coefficient (Wildman–Crippen LogP) is 4.54. The van der Waals surface area contributed by atoms with Crippen molar-refractivity contribution in [2.24, 2.45) is 7.05 Å². The number of aryl methyl sites for hydroxylation is 4. The van der Waals surface area contributed by atoms with Crippen molar-refractivity contribution in [3.05, 3.63) is 59.0 Å². The van der Waals surface area contributed by atoms with Crippen LogP contribution in [0.1, 0.15) is 47.9 Å². The van der Waals surface area contributed by atoms with E-state index in [1.807, 2.05) is 37.1 Å². The van der Waals surface area contributed by atoms with Gasteiger partial charge in [0.05, 0.1) is 28.5 Å². The van der Waals surface area contributed by atoms with Gasteiger partial charge < -0.3 is 9.88 Å². The van der Waals surface area contributed by atoms with Gasteiger partial charge in [0.2, 0.25) is 5.91 Å². The molecule has 2 aromatic carbocycles. The van der Waals surface area contributed by atoms with Crippen molar-refractivity contribution in [1.29, 1.82) is 0 Å². The molecule has 1 saturated heterocycles. The molecule has 4 aromatic rings. The molecular formula is C24H26N6O. The van der Waals surface area contributed by atoms with Crippen LogP contribution in [0.3, 0.4) is 0 Å². The summed E-state index contributed by atoms with van der Waals surface area (Å²) in [5.74, 6) is 0.982. The molecule has 0 aliphatic carbocycles. The van der Waals surface area contributed by atoms with Gasteiger partial charge in [-0.05, 0) is 69.0 Å². The summed E-state index contributed by atoms with van der Waals surface area (Å²) in [7, 11) is 1.90. The number of carbonyl (C=O) groups excluding carboxylic acids is 1. The molecule has 1 atom stereocenters. The highest BCUT2D eigenvalue weighted by Crippen LogP contribution is 2.36. The fourth-order valence-corrected chi connectivity index (χ4v) is 4.52. The summed E-state index contributed by atoms with van der Waals surface area (Å²) in [5, 5.41) is 8.27. The molecule has 0 unspecified atom stereocenters. The average Bonchev–Trinajstić information content (AvgIpc) is 3.32. The smallest absolute Gasteiger partial charge is 0.227 e. The van der Waals surface area contributed by atoms with E-state index in [4.69, 9.17) is 4.98 Å². The minimum Gasteiger partial charge on any atom is -0.340 e. The number of nitrogens with zero attached hydrogens (tertiary/aromatic N) is 5. The summed E-state index contributed by atoms with van der Waals surface area (Å²) < 4.78 is 1.79. The first kappa shape index (κ1) is 19.5. The van der Waals surface area contributed by atoms with E-state index in [1.165, 1.54) is 11.1 Å². The lowest BCUT2D eigenvalue weighted by atomic mass is 9.99. The van der Waals surface area contributed by atoms with Crippen molar-refractivity contribution in [1.82, 2.24) is 25.0 Å². The van der Waals surface area contributed by atoms with E-state index in [2.05, 4.69) is 47.3 Å². The van der Waals surface area contributed by atoms with Crippen LogP contribution < -0.4 is 4.90 Å². The number of piperidine rings is 1. The molecule has 31 heavy (non-hydrogen) atoms. The summed E-state index contributed by atoms with van der Waals surface area (Å²) in [6, 6.07) is 12.3. The molecule has 0 saturated carbocycles. The lowest BCUT2D eigenvalue weighted by molar-refractivity contribution is -0.120. The molecular weight excluding hydrogens is 388 g/mol. The number of benzene rings is 2. The van der Waals surface area contributed by atoms with E-state index in [-0.39, 0.29) is 11.9 Å². The highest BCUT2D eigenvalue weighted by atomic mass is 16.2. The number of imidazole rings is 1. The highest BCUT2D eigenvalue weighted by molar-refractivity contribution is 5.95. The molecule has 1 amide bonds. The lowest BCUT2D eigenvalue weighted by Crippen LogP contribution is -2.38. The third-order valence-corrected chi connectivity index (χ3v) is 6.30. The average molecular weight is 415 g/mol. The van der Waals surface area contributed by atoms with E-state index in [9.17, 15) is 4.79 Å². The number of fused-ring (bicyclic) bond motifs is 1. The quantitative estimate of drug-likeness (QED) is 0.534. The highest BCUT2D eigenvalue weighted by Gasteiger charge is 2.32. The Morgan fingerprint density at radius 3 is 2.65 bits per heavy atom. The molecule has 1 aliphatic rings. The van der Waals surface area contributed by atoms with Crippen molar-refractivity contribution < 1.29 is 4.79 Å². The van der Waals surface area contributed by atoms with E-state index in [1.54, 1.807) is 4.68 Å². The maximum absolute atomic E-state index is 12.9. The fraction of sp³-hybridized carbons (Fsp3) is 0.333. The van der Waals surface area contributed by atoms with Crippen LogP contribution in [0.15, 0.2) is 36.4 Å². The minimum atomic E-state index is -0.0979. The first-order chi connectivity index (χ1) is 14.9. The molecule has 1 fully saturated rings. The zero-order chi connectivity index (χ0) is 21.7. The number of H-pyrrole nitrogens is 1. The number of aromatic amines is 1. The van der Waals surface area contributed by atoms with Crippen LogP contribution in [0.5, 0.6) is 0 Å². The van der Waals surface area contributed by atoms with E-state index in [0.717, 1.165) is 52.3 Å². The molecule has 1 N–H and O–H groups in total. The largest absolute Gasteiger partial charge is 0.340 e. The molecule has 5 rings (SSSR count). The molecule has 0 spiro atoms. The number of hydrogen-bond acceptors (Lipinski definition) is 4. The first-order valence-electron chi connectivity index (χ1n) is 10.7. The van der Waals surface area contributed by atoms with Gasteiger partial charge in [0.15, 0.2) is 0 Å². The van der Waals surface area contributed by atoms with Gasteiger partial charge in [-0.2, -0.15) is 0 Å². The number of nitrogens with one attached hydrogen (secondary N) is 1. The Bertz CT molecular complexity index is 1280. The molecule has 0 bridgehead atoms. The van der Waals surface area contributed by atoms with Gasteiger partial charge in [-0.15, -0.1) is 5.10 Å². The number of aromatic nitrogens is 5. The van der Waals surface area contributed by atoms with Crippen molar-refractivity contribution in [3.63, 3.8) is 0 Å². The summed E-state index contributed by atoms with van der Waals surface area (Å²) in [5.41, 5.74) is 8.11. The number of anilines is 1. The first-order valence-corrected chi connectivity index (χ1v) is 10.7. The molecule has 2 aromatic heterocycles. The maximum atomic E-state index is 12.9. The maximum Gasteiger partial charge on any atom is 0.227 e. The Kier molecular flexibility index (Phi) is 4.61. The normalized spacial score (nSPS) is 17.0. The van der Waals surface area contributed by atoms with Gasteiger partial charge in [0.25, 0.3) is 0 Å². The second-order valence-electron chi connectivity index (χ2n) is 8.44. The second-order valence-corrected chi connectivity index (χ2v) is 8.44. The monoisotopic (exact) mass is 414 g/mol. The predicted molar refractivity (Wildman–Crippen MR) is 121 cm³/mol. The SMILES string of the molecule is Cc1ccc(N2C(=O)CCC[C@H]2c2nc3ccc(-c4c(C)nnn4C)cc3[nH]2)cc1C. The standard InChI is InChI=1S/C24H26N6O/c1-14-8-10-18(12-15(14)2)30-21(6-5-7-22(30)31)24-25-19-11-9-17(13-20(19)26-24)23-16(3)27-28-29(23)4/h8-13,21H,5-7H2,1-4H3,(H,25,26)/t21-/m0/s1. The Labute approximate surface area is 181 Å². The van der Waals surface area contributed by atoms with Gasteiger partial charge in [0.1, 0.15) is 5.82 Å². The summed E-state index contributed by atoms with van der Waals surface area (Å²) >= 11 is 0. The number of carbonyl (C=O) groups is 1. The van der Waals surface area contributed by atoms with Gasteiger partial charge >= 0.3 is 0 Å². The number of rotatable bonds is 3. The van der Waals surface area contributed by atoms with Gasteiger partial charge in [-0.25, -0.2) is 9.67 Å². The van der Waals surface area contributed by atoms with Crippen molar-refractivity contribution in [2.75, 3.05) is 4.90 Å². The van der Waals surface area contributed by atoms with Gasteiger partial charge in [-0.1, -0.05) is 17.3 Å². The zero-order valence-electron chi connectivity index (χ0n) is 18.3. The molecule has 1 aliphatic heterocycles. The molecule has 7 nitrogen and oxygen atoms in total. The van der Waals surface area contributed by atoms with Crippen LogP contribution in [0.4, 0.5) is 5.69 Å². The van der Waals surface area contributed by atoms with Gasteiger partial charge in [0, 0.05) is 24.7 Å². The van der Waals surface area contributed by atoms with Crippen LogP contribution in [0, 0.1) is 20.8 Å². The summed E-state index contributed by atoms with van der Waals surface area (Å²) in [4.78, 5) is 23.2. The number of amides is 1. The number of hydrogen-bond donors (Lipinski definition) is 1. The minimum absolute atomic E-state index is 0.0979. The molecule has 7 heteroatoms. The third kappa shape index (κ3) is 3.30. The van der Waals surface area contributed by atoms with E-state index < -0.39 is 0 Å². The topological polar surface area (TPSA) is 79.7 Å². The third-order valence-electron chi connectivity index (χ3n) is 6.30. The van der Waals surface area contributed by atoms with E-state index in [0.29, 0.717) is 6.42 Å². The Morgan fingerprint density at radius 1 is 1.06 bits per heavy atom. The summed E-state index contributed by atoms with van der Waals surface area (Å²) in [6.07, 6.45) is 2.32. The Balaban J connectivity index is 1.56. The van der Waals surface area contributed by atoms with E-state index >= 15 is 0 Å². The van der Waals surface area contributed by atoms with Crippen LogP contribution >= 0.6 is 0 Å². The fourth-order valence-electron chi connectivity index (χ4n) is 4.52. The zero-order valence-corrected chi connectivity index (χ0v) is 18.3. The molecule has 0 radical (unpaired) electrons. The lowest BCUT2D eigenvalue weighted by Gasteiger charge is -2.34. The summed E-state index contributed by atoms with van der Waals surface area (Å²) in [6.45, 7) is 6.13. The van der Waals surface area contributed by atoms with Gasteiger partial charge in [-0.3, -0.25) is 4.79 Å². The van der Waals surface area contributed by atoms with Crippen LogP contribution in [-0.2, 0) is 11.8 Å². The Morgan fingerprint density at radius 2 is 1.90 bits per heavy atom. The Hall–Kier alpha value is -3.48. The molecule has 3 heterocycles. The van der Waals surface area contributed by atoms with Crippen LogP contribution in [0.25, 0.3) is 22.3 Å².